The summed E-state index contributed by atoms with van der Waals surface area (Å²) in [7, 11) is 0. The minimum Gasteiger partial charge on any atom is -0.366 e. The predicted molar refractivity (Wildman–Crippen MR) is 99.7 cm³/mol. The highest BCUT2D eigenvalue weighted by Crippen LogP contribution is 2.17. The van der Waals surface area contributed by atoms with Gasteiger partial charge < -0.3 is 10.6 Å². The van der Waals surface area contributed by atoms with Crippen molar-refractivity contribution in [2.45, 2.75) is 27.3 Å². The summed E-state index contributed by atoms with van der Waals surface area (Å²) in [6, 6.07) is 18.6. The third-order valence-electron chi connectivity index (χ3n) is 3.72. The lowest BCUT2D eigenvalue weighted by molar-refractivity contribution is 1.06. The Kier molecular flexibility index (Phi) is 4.75. The van der Waals surface area contributed by atoms with E-state index < -0.39 is 0 Å². The molecule has 0 fully saturated rings. The molecule has 0 saturated carbocycles. The van der Waals surface area contributed by atoms with E-state index in [9.17, 15) is 0 Å². The number of aryl methyl sites for hydroxylation is 3. The molecule has 0 unspecified atom stereocenters. The van der Waals surface area contributed by atoms with E-state index in [1.54, 1.807) is 0 Å². The summed E-state index contributed by atoms with van der Waals surface area (Å²) in [5.41, 5.74) is 5.63. The summed E-state index contributed by atoms with van der Waals surface area (Å²) in [6.45, 7) is 6.88. The normalized spacial score (nSPS) is 10.5. The standard InChI is InChI=1S/C20H22N4/c1-14-7-9-18(10-8-14)23-20-22-16(3)12-19(24-20)21-13-17-6-4-5-15(2)11-17/h4-12H,13H2,1-3H3,(H2,21,22,23,24). The minimum absolute atomic E-state index is 0.602. The molecule has 1 heterocycles. The monoisotopic (exact) mass is 318 g/mol. The van der Waals surface area contributed by atoms with E-state index in [-0.39, 0.29) is 0 Å². The van der Waals surface area contributed by atoms with E-state index in [0.29, 0.717) is 5.95 Å². The molecule has 0 aliphatic heterocycles. The van der Waals surface area contributed by atoms with Gasteiger partial charge in [-0.2, -0.15) is 4.98 Å². The van der Waals surface area contributed by atoms with Gasteiger partial charge in [0.1, 0.15) is 5.82 Å². The molecule has 3 rings (SSSR count). The van der Waals surface area contributed by atoms with Crippen LogP contribution in [-0.4, -0.2) is 9.97 Å². The Labute approximate surface area is 143 Å². The Bertz CT molecular complexity index is 825. The first-order valence-electron chi connectivity index (χ1n) is 8.07. The first kappa shape index (κ1) is 16.0. The number of aromatic nitrogens is 2. The molecular formula is C20H22N4. The van der Waals surface area contributed by atoms with Crippen molar-refractivity contribution in [1.29, 1.82) is 0 Å². The van der Waals surface area contributed by atoms with Gasteiger partial charge in [-0.15, -0.1) is 0 Å². The fourth-order valence-electron chi connectivity index (χ4n) is 2.50. The summed E-state index contributed by atoms with van der Waals surface area (Å²) < 4.78 is 0. The maximum Gasteiger partial charge on any atom is 0.229 e. The Morgan fingerprint density at radius 2 is 1.62 bits per heavy atom. The van der Waals surface area contributed by atoms with Crippen LogP contribution in [0.1, 0.15) is 22.4 Å². The lowest BCUT2D eigenvalue weighted by atomic mass is 10.1. The first-order valence-corrected chi connectivity index (χ1v) is 8.07. The fourth-order valence-corrected chi connectivity index (χ4v) is 2.50. The van der Waals surface area contributed by atoms with Gasteiger partial charge in [-0.25, -0.2) is 4.98 Å². The summed E-state index contributed by atoms with van der Waals surface area (Å²) >= 11 is 0. The summed E-state index contributed by atoms with van der Waals surface area (Å²) in [5, 5.41) is 6.63. The van der Waals surface area contributed by atoms with Crippen molar-refractivity contribution in [1.82, 2.24) is 9.97 Å². The van der Waals surface area contributed by atoms with Crippen LogP contribution in [-0.2, 0) is 6.54 Å². The summed E-state index contributed by atoms with van der Waals surface area (Å²) in [6.07, 6.45) is 0. The number of anilines is 3. The van der Waals surface area contributed by atoms with Crippen LogP contribution in [0.2, 0.25) is 0 Å². The molecule has 122 valence electrons. The number of hydrogen-bond acceptors (Lipinski definition) is 4. The van der Waals surface area contributed by atoms with Crippen molar-refractivity contribution >= 4 is 17.5 Å². The summed E-state index contributed by atoms with van der Waals surface area (Å²) in [5.74, 6) is 1.42. The zero-order valence-electron chi connectivity index (χ0n) is 14.3. The lowest BCUT2D eigenvalue weighted by Crippen LogP contribution is -2.05. The highest BCUT2D eigenvalue weighted by Gasteiger charge is 2.03. The predicted octanol–water partition coefficient (Wildman–Crippen LogP) is 4.76. The van der Waals surface area contributed by atoms with Gasteiger partial charge in [0.2, 0.25) is 5.95 Å². The largest absolute Gasteiger partial charge is 0.366 e. The van der Waals surface area contributed by atoms with Gasteiger partial charge in [0, 0.05) is 24.0 Å². The van der Waals surface area contributed by atoms with Crippen LogP contribution in [0.3, 0.4) is 0 Å². The molecule has 0 aliphatic rings. The SMILES string of the molecule is Cc1ccc(Nc2nc(C)cc(NCc3cccc(C)c3)n2)cc1. The van der Waals surface area contributed by atoms with Crippen LogP contribution < -0.4 is 10.6 Å². The van der Waals surface area contributed by atoms with E-state index in [0.717, 1.165) is 23.7 Å². The van der Waals surface area contributed by atoms with Crippen LogP contribution in [0.25, 0.3) is 0 Å². The zero-order chi connectivity index (χ0) is 16.9. The van der Waals surface area contributed by atoms with Crippen LogP contribution >= 0.6 is 0 Å². The van der Waals surface area contributed by atoms with Crippen LogP contribution in [0, 0.1) is 20.8 Å². The van der Waals surface area contributed by atoms with Gasteiger partial charge in [-0.05, 0) is 38.5 Å². The molecule has 0 aliphatic carbocycles. The third-order valence-corrected chi connectivity index (χ3v) is 3.72. The minimum atomic E-state index is 0.602. The Balaban J connectivity index is 1.72. The molecular weight excluding hydrogens is 296 g/mol. The number of nitrogens with zero attached hydrogens (tertiary/aromatic N) is 2. The second-order valence-electron chi connectivity index (χ2n) is 6.05. The molecule has 2 aromatic carbocycles. The maximum absolute atomic E-state index is 4.56. The molecule has 1 aromatic heterocycles. The van der Waals surface area contributed by atoms with E-state index >= 15 is 0 Å². The smallest absolute Gasteiger partial charge is 0.229 e. The number of nitrogens with one attached hydrogen (secondary N) is 2. The molecule has 0 atom stereocenters. The van der Waals surface area contributed by atoms with Crippen molar-refractivity contribution in [2.24, 2.45) is 0 Å². The van der Waals surface area contributed by atoms with Crippen LogP contribution in [0.15, 0.2) is 54.6 Å². The number of benzene rings is 2. The summed E-state index contributed by atoms with van der Waals surface area (Å²) in [4.78, 5) is 9.01. The molecule has 3 aromatic rings. The topological polar surface area (TPSA) is 49.8 Å². The molecule has 0 amide bonds. The van der Waals surface area contributed by atoms with E-state index in [1.165, 1.54) is 16.7 Å². The van der Waals surface area contributed by atoms with Gasteiger partial charge in [0.15, 0.2) is 0 Å². The van der Waals surface area contributed by atoms with Crippen molar-refractivity contribution in [3.63, 3.8) is 0 Å². The average Bonchev–Trinajstić information content (AvgIpc) is 2.55. The average molecular weight is 318 g/mol. The van der Waals surface area contributed by atoms with Gasteiger partial charge in [0.05, 0.1) is 0 Å². The molecule has 4 heteroatoms. The van der Waals surface area contributed by atoms with Gasteiger partial charge in [-0.1, -0.05) is 47.5 Å². The second kappa shape index (κ2) is 7.13. The molecule has 0 bridgehead atoms. The highest BCUT2D eigenvalue weighted by molar-refractivity contribution is 5.55. The maximum atomic E-state index is 4.56. The molecule has 4 nitrogen and oxygen atoms in total. The van der Waals surface area contributed by atoms with E-state index in [4.69, 9.17) is 0 Å². The van der Waals surface area contributed by atoms with Crippen molar-refractivity contribution in [2.75, 3.05) is 10.6 Å². The molecule has 24 heavy (non-hydrogen) atoms. The zero-order valence-corrected chi connectivity index (χ0v) is 14.3. The van der Waals surface area contributed by atoms with E-state index in [1.807, 2.05) is 25.1 Å². The van der Waals surface area contributed by atoms with Crippen LogP contribution in [0.4, 0.5) is 17.5 Å². The van der Waals surface area contributed by atoms with Gasteiger partial charge in [0.25, 0.3) is 0 Å². The van der Waals surface area contributed by atoms with Gasteiger partial charge >= 0.3 is 0 Å². The molecule has 0 saturated heterocycles. The third kappa shape index (κ3) is 4.32. The van der Waals surface area contributed by atoms with Crippen molar-refractivity contribution < 1.29 is 0 Å². The van der Waals surface area contributed by atoms with Crippen LogP contribution in [0.5, 0.6) is 0 Å². The molecule has 0 radical (unpaired) electrons. The fraction of sp³-hybridized carbons (Fsp3) is 0.200. The Hall–Kier alpha value is -2.88. The molecule has 0 spiro atoms. The second-order valence-corrected chi connectivity index (χ2v) is 6.05. The Morgan fingerprint density at radius 1 is 0.833 bits per heavy atom. The number of rotatable bonds is 5. The highest BCUT2D eigenvalue weighted by atomic mass is 15.1. The Morgan fingerprint density at radius 3 is 2.38 bits per heavy atom. The lowest BCUT2D eigenvalue weighted by Gasteiger charge is -2.10. The first-order chi connectivity index (χ1) is 11.6. The van der Waals surface area contributed by atoms with Crippen molar-refractivity contribution in [3.05, 3.63) is 77.0 Å². The molecule has 2 N–H and O–H groups in total. The van der Waals surface area contributed by atoms with E-state index in [2.05, 4.69) is 70.8 Å². The quantitative estimate of drug-likeness (QED) is 0.712. The number of hydrogen-bond donors (Lipinski definition) is 2. The van der Waals surface area contributed by atoms with Crippen molar-refractivity contribution in [3.8, 4) is 0 Å². The van der Waals surface area contributed by atoms with Gasteiger partial charge in [-0.3, -0.25) is 0 Å².